The normalized spacial score (nSPS) is 24.6. The lowest BCUT2D eigenvalue weighted by Gasteiger charge is -2.53. The van der Waals surface area contributed by atoms with E-state index in [1.54, 1.807) is 5.01 Å². The van der Waals surface area contributed by atoms with Crippen molar-refractivity contribution >= 4 is 23.0 Å². The second-order valence-electron chi connectivity index (χ2n) is 9.34. The Kier molecular flexibility index (Phi) is 4.80. The molecule has 6 rings (SSSR count). The highest BCUT2D eigenvalue weighted by atomic mass is 16.2. The van der Waals surface area contributed by atoms with Gasteiger partial charge in [0.2, 0.25) is 0 Å². The van der Waals surface area contributed by atoms with Gasteiger partial charge in [0, 0.05) is 31.9 Å². The minimum Gasteiger partial charge on any atom is -0.364 e. The zero-order chi connectivity index (χ0) is 22.4. The molecule has 0 aromatic heterocycles. The molecule has 0 saturated carbocycles. The zero-order valence-electron chi connectivity index (χ0n) is 18.9. The van der Waals surface area contributed by atoms with Crippen LogP contribution in [-0.2, 0) is 17.8 Å². The van der Waals surface area contributed by atoms with Crippen molar-refractivity contribution in [3.8, 4) is 0 Å². The van der Waals surface area contributed by atoms with Gasteiger partial charge in [-0.1, -0.05) is 66.7 Å². The summed E-state index contributed by atoms with van der Waals surface area (Å²) in [6.45, 7) is 5.66. The molecule has 0 unspecified atom stereocenters. The second kappa shape index (κ2) is 7.85. The molecule has 0 aliphatic carbocycles. The summed E-state index contributed by atoms with van der Waals surface area (Å²) < 4.78 is 0. The number of fused-ring (bicyclic) bond motifs is 4. The summed E-state index contributed by atoms with van der Waals surface area (Å²) in [5.74, 6) is 0.0947. The van der Waals surface area contributed by atoms with Crippen LogP contribution in [0.2, 0.25) is 0 Å². The Labute approximate surface area is 194 Å². The van der Waals surface area contributed by atoms with Gasteiger partial charge in [-0.15, -0.1) is 0 Å². The van der Waals surface area contributed by atoms with E-state index in [0.29, 0.717) is 6.42 Å². The predicted octanol–water partition coefficient (Wildman–Crippen LogP) is 4.34. The Bertz CT molecular complexity index is 1210. The third-order valence-electron chi connectivity index (χ3n) is 7.52. The number of benzene rings is 3. The maximum absolute atomic E-state index is 14.2. The van der Waals surface area contributed by atoms with E-state index in [0.717, 1.165) is 37.6 Å². The lowest BCUT2D eigenvalue weighted by atomic mass is 9.67. The predicted molar refractivity (Wildman–Crippen MR) is 132 cm³/mol. The summed E-state index contributed by atoms with van der Waals surface area (Å²) in [6.07, 6.45) is 0.695. The number of rotatable bonds is 3. The molecule has 0 radical (unpaired) electrons. The highest BCUT2D eigenvalue weighted by molar-refractivity contribution is 6.20. The fourth-order valence-electron chi connectivity index (χ4n) is 5.85. The van der Waals surface area contributed by atoms with E-state index in [1.807, 2.05) is 37.3 Å². The van der Waals surface area contributed by atoms with Crippen molar-refractivity contribution in [2.24, 2.45) is 10.5 Å². The number of piperazine rings is 1. The van der Waals surface area contributed by atoms with Gasteiger partial charge in [0.25, 0.3) is 5.91 Å². The molecule has 0 N–H and O–H groups in total. The second-order valence-corrected chi connectivity index (χ2v) is 9.34. The third kappa shape index (κ3) is 3.18. The van der Waals surface area contributed by atoms with E-state index in [2.05, 4.69) is 64.4 Å². The molecule has 1 spiro atoms. The van der Waals surface area contributed by atoms with Crippen LogP contribution in [-0.4, -0.2) is 42.2 Å². The van der Waals surface area contributed by atoms with Crippen molar-refractivity contribution in [1.82, 2.24) is 4.90 Å². The minimum absolute atomic E-state index is 0.0508. The maximum atomic E-state index is 14.2. The monoisotopic (exact) mass is 436 g/mol. The molecule has 1 fully saturated rings. The zero-order valence-corrected chi connectivity index (χ0v) is 18.9. The Balaban J connectivity index is 1.40. The van der Waals surface area contributed by atoms with E-state index in [4.69, 9.17) is 5.10 Å². The Morgan fingerprint density at radius 1 is 0.909 bits per heavy atom. The van der Waals surface area contributed by atoms with E-state index >= 15 is 0 Å². The number of anilines is 2. The lowest BCUT2D eigenvalue weighted by molar-refractivity contribution is -0.125. The Morgan fingerprint density at radius 2 is 1.61 bits per heavy atom. The first-order valence-corrected chi connectivity index (χ1v) is 11.7. The van der Waals surface area contributed by atoms with Gasteiger partial charge in [0.05, 0.1) is 17.4 Å². The maximum Gasteiger partial charge on any atom is 0.261 e. The van der Waals surface area contributed by atoms with Gasteiger partial charge >= 0.3 is 0 Å². The molecular weight excluding hydrogens is 408 g/mol. The molecule has 3 aliphatic heterocycles. The van der Waals surface area contributed by atoms with Crippen molar-refractivity contribution in [3.63, 3.8) is 0 Å². The molecule has 2 atom stereocenters. The summed E-state index contributed by atoms with van der Waals surface area (Å²) >= 11 is 0. The number of hydrazone groups is 1. The summed E-state index contributed by atoms with van der Waals surface area (Å²) in [4.78, 5) is 19.2. The van der Waals surface area contributed by atoms with E-state index in [1.165, 1.54) is 16.8 Å². The molecule has 5 nitrogen and oxygen atoms in total. The van der Waals surface area contributed by atoms with Crippen LogP contribution in [0.5, 0.6) is 0 Å². The molecule has 1 amide bonds. The van der Waals surface area contributed by atoms with Crippen molar-refractivity contribution in [2.45, 2.75) is 25.9 Å². The number of amides is 1. The first-order valence-electron chi connectivity index (χ1n) is 11.7. The quantitative estimate of drug-likeness (QED) is 0.613. The van der Waals surface area contributed by atoms with Gasteiger partial charge in [-0.2, -0.15) is 10.1 Å². The largest absolute Gasteiger partial charge is 0.364 e. The van der Waals surface area contributed by atoms with E-state index < -0.39 is 5.41 Å². The highest BCUT2D eigenvalue weighted by Crippen LogP contribution is 2.48. The number of hydrogen-bond donors (Lipinski definition) is 0. The van der Waals surface area contributed by atoms with Gasteiger partial charge in [0.15, 0.2) is 0 Å². The highest BCUT2D eigenvalue weighted by Gasteiger charge is 2.59. The van der Waals surface area contributed by atoms with Crippen LogP contribution in [0, 0.1) is 5.41 Å². The van der Waals surface area contributed by atoms with E-state index in [9.17, 15) is 4.79 Å². The van der Waals surface area contributed by atoms with Crippen LogP contribution >= 0.6 is 0 Å². The Hall–Kier alpha value is -3.44. The van der Waals surface area contributed by atoms with Crippen LogP contribution in [0.3, 0.4) is 0 Å². The number of para-hydroxylation sites is 2. The Morgan fingerprint density at radius 3 is 2.39 bits per heavy atom. The molecular formula is C28H28N4O. The van der Waals surface area contributed by atoms with E-state index in [-0.39, 0.29) is 11.9 Å². The first-order chi connectivity index (χ1) is 16.2. The first kappa shape index (κ1) is 20.2. The molecule has 166 valence electrons. The fraction of sp³-hybridized carbons (Fsp3) is 0.286. The molecule has 3 aromatic carbocycles. The summed E-state index contributed by atoms with van der Waals surface area (Å²) in [7, 11) is 0. The number of hydrogen-bond acceptors (Lipinski definition) is 4. The number of carbonyl (C=O) groups is 1. The summed E-state index contributed by atoms with van der Waals surface area (Å²) in [5.41, 5.74) is 4.92. The SMILES string of the molecule is CC1=NN(c2ccccc2)C(=O)[C@@]12Cc1ccccc1N1CCN(Cc3ccccc3)C[C@@H]12. The summed E-state index contributed by atoms with van der Waals surface area (Å²) in [6, 6.07) is 29.1. The van der Waals surface area contributed by atoms with Gasteiger partial charge in [0.1, 0.15) is 5.41 Å². The standard InChI is InChI=1S/C28H28N4O/c1-21-28(27(33)32(29-21)24-13-6-3-7-14-24)18-23-12-8-9-15-25(23)31-17-16-30(20-26(28)31)19-22-10-4-2-5-11-22/h2-15,26H,16-20H2,1H3/t26-,28+/m1/s1. The molecule has 3 heterocycles. The molecule has 33 heavy (non-hydrogen) atoms. The van der Waals surface area contributed by atoms with Crippen molar-refractivity contribution in [3.05, 3.63) is 96.1 Å². The van der Waals surface area contributed by atoms with Gasteiger partial charge in [-0.05, 0) is 42.7 Å². The molecule has 5 heteroatoms. The smallest absolute Gasteiger partial charge is 0.261 e. The van der Waals surface area contributed by atoms with Crippen molar-refractivity contribution in [2.75, 3.05) is 29.5 Å². The van der Waals surface area contributed by atoms with Gasteiger partial charge in [-0.25, -0.2) is 0 Å². The van der Waals surface area contributed by atoms with Crippen LogP contribution in [0.4, 0.5) is 11.4 Å². The van der Waals surface area contributed by atoms with Crippen LogP contribution in [0.15, 0.2) is 90.0 Å². The summed E-state index contributed by atoms with van der Waals surface area (Å²) in [5, 5.41) is 6.48. The van der Waals surface area contributed by atoms with Crippen molar-refractivity contribution in [1.29, 1.82) is 0 Å². The van der Waals surface area contributed by atoms with Gasteiger partial charge in [-0.3, -0.25) is 9.69 Å². The lowest BCUT2D eigenvalue weighted by Crippen LogP contribution is -2.66. The number of nitrogens with zero attached hydrogens (tertiary/aromatic N) is 4. The molecule has 3 aromatic rings. The topological polar surface area (TPSA) is 39.2 Å². The van der Waals surface area contributed by atoms with Crippen LogP contribution in [0.1, 0.15) is 18.1 Å². The minimum atomic E-state index is -0.653. The fourth-order valence-corrected chi connectivity index (χ4v) is 5.85. The van der Waals surface area contributed by atoms with Crippen LogP contribution < -0.4 is 9.91 Å². The average molecular weight is 437 g/mol. The average Bonchev–Trinajstić information content (AvgIpc) is 3.11. The molecule has 3 aliphatic rings. The van der Waals surface area contributed by atoms with Gasteiger partial charge < -0.3 is 4.90 Å². The molecule has 1 saturated heterocycles. The molecule has 0 bridgehead atoms. The van der Waals surface area contributed by atoms with Crippen molar-refractivity contribution < 1.29 is 4.79 Å². The van der Waals surface area contributed by atoms with Crippen LogP contribution in [0.25, 0.3) is 0 Å². The third-order valence-corrected chi connectivity index (χ3v) is 7.52. The number of carbonyl (C=O) groups excluding carboxylic acids is 1.